The van der Waals surface area contributed by atoms with Crippen LogP contribution < -0.4 is 5.32 Å². The van der Waals surface area contributed by atoms with Gasteiger partial charge >= 0.3 is 0 Å². The third kappa shape index (κ3) is 4.58. The number of anilines is 1. The summed E-state index contributed by atoms with van der Waals surface area (Å²) < 4.78 is 19.8. The van der Waals surface area contributed by atoms with Crippen molar-refractivity contribution in [3.63, 3.8) is 0 Å². The molecular formula is C23H20FN3O4S. The summed E-state index contributed by atoms with van der Waals surface area (Å²) in [7, 11) is 1.51. The van der Waals surface area contributed by atoms with E-state index in [9.17, 15) is 18.8 Å². The summed E-state index contributed by atoms with van der Waals surface area (Å²) >= 11 is 0.886. The number of nitrogens with one attached hydrogen (secondary N) is 1. The molecule has 0 bridgehead atoms. The molecule has 1 saturated heterocycles. The van der Waals surface area contributed by atoms with E-state index >= 15 is 0 Å². The highest BCUT2D eigenvalue weighted by atomic mass is 32.2. The van der Waals surface area contributed by atoms with Crippen LogP contribution in [0, 0.1) is 5.82 Å². The monoisotopic (exact) mass is 453 g/mol. The van der Waals surface area contributed by atoms with E-state index < -0.39 is 0 Å². The quantitative estimate of drug-likeness (QED) is 0.545. The highest BCUT2D eigenvalue weighted by molar-refractivity contribution is 8.18. The number of amides is 3. The Labute approximate surface area is 187 Å². The first kappa shape index (κ1) is 21.8. The molecule has 3 amide bonds. The van der Waals surface area contributed by atoms with Crippen molar-refractivity contribution in [1.82, 2.24) is 9.47 Å². The molecule has 7 nitrogen and oxygen atoms in total. The van der Waals surface area contributed by atoms with Crippen LogP contribution in [0.15, 0.2) is 59.6 Å². The summed E-state index contributed by atoms with van der Waals surface area (Å²) in [4.78, 5) is 38.9. The molecule has 1 aromatic heterocycles. The average Bonchev–Trinajstić information content (AvgIpc) is 3.25. The van der Waals surface area contributed by atoms with E-state index in [1.807, 2.05) is 24.3 Å². The molecule has 2 heterocycles. The van der Waals surface area contributed by atoms with Gasteiger partial charge in [0, 0.05) is 35.5 Å². The van der Waals surface area contributed by atoms with Gasteiger partial charge in [-0.3, -0.25) is 19.3 Å². The smallest absolute Gasteiger partial charge is 0.293 e. The second-order valence-electron chi connectivity index (χ2n) is 7.11. The summed E-state index contributed by atoms with van der Waals surface area (Å²) in [5, 5.41) is 3.26. The van der Waals surface area contributed by atoms with Crippen LogP contribution in [-0.2, 0) is 20.9 Å². The van der Waals surface area contributed by atoms with E-state index in [4.69, 9.17) is 4.74 Å². The van der Waals surface area contributed by atoms with Gasteiger partial charge < -0.3 is 14.6 Å². The second-order valence-corrected chi connectivity index (χ2v) is 8.10. The Balaban J connectivity index is 1.58. The molecule has 0 saturated carbocycles. The van der Waals surface area contributed by atoms with Crippen molar-refractivity contribution in [2.45, 2.75) is 6.54 Å². The molecule has 9 heteroatoms. The molecule has 0 atom stereocenters. The maximum absolute atomic E-state index is 13.1. The van der Waals surface area contributed by atoms with Gasteiger partial charge in [0.05, 0.1) is 18.1 Å². The predicted molar refractivity (Wildman–Crippen MR) is 122 cm³/mol. The lowest BCUT2D eigenvalue weighted by molar-refractivity contribution is -0.123. The van der Waals surface area contributed by atoms with E-state index in [0.29, 0.717) is 10.6 Å². The number of benzene rings is 2. The lowest BCUT2D eigenvalue weighted by Crippen LogP contribution is -2.31. The summed E-state index contributed by atoms with van der Waals surface area (Å²) in [5.41, 5.74) is 2.04. The first-order chi connectivity index (χ1) is 15.5. The topological polar surface area (TPSA) is 80.6 Å². The minimum atomic E-state index is -0.379. The van der Waals surface area contributed by atoms with Crippen LogP contribution in [0.25, 0.3) is 17.0 Å². The van der Waals surface area contributed by atoms with E-state index in [-0.39, 0.29) is 42.6 Å². The van der Waals surface area contributed by atoms with Crippen LogP contribution in [0.3, 0.4) is 0 Å². The zero-order chi connectivity index (χ0) is 22.7. The van der Waals surface area contributed by atoms with Gasteiger partial charge in [0.25, 0.3) is 11.1 Å². The van der Waals surface area contributed by atoms with Crippen molar-refractivity contribution in [1.29, 1.82) is 0 Å². The zero-order valence-corrected chi connectivity index (χ0v) is 18.0. The number of fused-ring (bicyclic) bond motifs is 1. The molecule has 0 aliphatic carbocycles. The van der Waals surface area contributed by atoms with Crippen molar-refractivity contribution in [2.75, 3.05) is 25.6 Å². The maximum atomic E-state index is 13.1. The number of aromatic nitrogens is 1. The van der Waals surface area contributed by atoms with Gasteiger partial charge in [-0.15, -0.1) is 0 Å². The van der Waals surface area contributed by atoms with Crippen LogP contribution in [0.2, 0.25) is 0 Å². The molecule has 1 N–H and O–H groups in total. The van der Waals surface area contributed by atoms with Crippen molar-refractivity contribution in [3.05, 3.63) is 71.0 Å². The highest BCUT2D eigenvalue weighted by Gasteiger charge is 2.34. The number of nitrogens with zero attached hydrogens (tertiary/aromatic N) is 2. The standard InChI is InChI=1S/C23H20FN3O4S/c1-31-11-10-27-22(29)20(32-23(27)30)12-15-13-26(19-5-3-2-4-18(15)19)14-21(28)25-17-8-6-16(24)7-9-17/h2-9,12-13H,10-11,14H2,1H3,(H,25,28)/b20-12+. The van der Waals surface area contributed by atoms with Gasteiger partial charge in [-0.05, 0) is 48.2 Å². The van der Waals surface area contributed by atoms with Crippen molar-refractivity contribution in [3.8, 4) is 0 Å². The molecule has 4 rings (SSSR count). The van der Waals surface area contributed by atoms with Crippen molar-refractivity contribution >= 4 is 51.5 Å². The summed E-state index contributed by atoms with van der Waals surface area (Å²) in [5.74, 6) is -1.01. The Kier molecular flexibility index (Phi) is 6.38. The number of carbonyl (C=O) groups excluding carboxylic acids is 3. The molecule has 1 fully saturated rings. The SMILES string of the molecule is COCCN1C(=O)S/C(=C/c2cn(CC(=O)Nc3ccc(F)cc3)c3ccccc23)C1=O. The van der Waals surface area contributed by atoms with Crippen LogP contribution in [-0.4, -0.2) is 46.8 Å². The number of hydrogen-bond donors (Lipinski definition) is 1. The molecule has 3 aromatic rings. The van der Waals surface area contributed by atoms with Gasteiger partial charge in [0.1, 0.15) is 12.4 Å². The maximum Gasteiger partial charge on any atom is 0.293 e. The Morgan fingerprint density at radius 1 is 1.16 bits per heavy atom. The first-order valence-corrected chi connectivity index (χ1v) is 10.7. The zero-order valence-electron chi connectivity index (χ0n) is 17.2. The van der Waals surface area contributed by atoms with Crippen molar-refractivity contribution < 1.29 is 23.5 Å². The van der Waals surface area contributed by atoms with Gasteiger partial charge in [-0.1, -0.05) is 18.2 Å². The molecule has 0 spiro atoms. The van der Waals surface area contributed by atoms with Gasteiger partial charge in [0.15, 0.2) is 0 Å². The Morgan fingerprint density at radius 3 is 2.66 bits per heavy atom. The van der Waals surface area contributed by atoms with E-state index in [2.05, 4.69) is 5.32 Å². The van der Waals surface area contributed by atoms with Gasteiger partial charge in [0.2, 0.25) is 5.91 Å². The Morgan fingerprint density at radius 2 is 1.91 bits per heavy atom. The van der Waals surface area contributed by atoms with E-state index in [1.165, 1.54) is 31.4 Å². The summed E-state index contributed by atoms with van der Waals surface area (Å²) in [6.07, 6.45) is 3.45. The average molecular weight is 453 g/mol. The van der Waals surface area contributed by atoms with Crippen LogP contribution >= 0.6 is 11.8 Å². The number of imide groups is 1. The lowest BCUT2D eigenvalue weighted by Gasteiger charge is -2.10. The number of halogens is 1. The lowest BCUT2D eigenvalue weighted by atomic mass is 10.1. The predicted octanol–water partition coefficient (Wildman–Crippen LogP) is 4.10. The number of ether oxygens (including phenoxy) is 1. The molecule has 0 radical (unpaired) electrons. The number of hydrogen-bond acceptors (Lipinski definition) is 5. The fourth-order valence-corrected chi connectivity index (χ4v) is 4.28. The van der Waals surface area contributed by atoms with Crippen LogP contribution in [0.5, 0.6) is 0 Å². The largest absolute Gasteiger partial charge is 0.383 e. The first-order valence-electron chi connectivity index (χ1n) is 9.84. The fraction of sp³-hybridized carbons (Fsp3) is 0.174. The molecule has 1 aliphatic heterocycles. The molecule has 1 aliphatic rings. The number of rotatable bonds is 7. The summed E-state index contributed by atoms with van der Waals surface area (Å²) in [6, 6.07) is 13.0. The highest BCUT2D eigenvalue weighted by Crippen LogP contribution is 2.34. The van der Waals surface area contributed by atoms with Gasteiger partial charge in [-0.25, -0.2) is 4.39 Å². The molecule has 2 aromatic carbocycles. The summed E-state index contributed by atoms with van der Waals surface area (Å²) in [6.45, 7) is 0.499. The minimum Gasteiger partial charge on any atom is -0.383 e. The Bertz CT molecular complexity index is 1220. The van der Waals surface area contributed by atoms with Crippen LogP contribution in [0.4, 0.5) is 14.9 Å². The third-order valence-corrected chi connectivity index (χ3v) is 5.85. The van der Waals surface area contributed by atoms with Crippen molar-refractivity contribution in [2.24, 2.45) is 0 Å². The molecule has 32 heavy (non-hydrogen) atoms. The van der Waals surface area contributed by atoms with E-state index in [0.717, 1.165) is 33.1 Å². The Hall–Kier alpha value is -3.43. The van der Waals surface area contributed by atoms with Gasteiger partial charge in [-0.2, -0.15) is 0 Å². The van der Waals surface area contributed by atoms with Crippen LogP contribution in [0.1, 0.15) is 5.56 Å². The number of methoxy groups -OCH3 is 1. The normalized spacial score (nSPS) is 15.2. The molecular weight excluding hydrogens is 433 g/mol. The van der Waals surface area contributed by atoms with E-state index in [1.54, 1.807) is 16.8 Å². The molecule has 0 unspecified atom stereocenters. The fourth-order valence-electron chi connectivity index (χ4n) is 3.43. The number of carbonyl (C=O) groups is 3. The number of para-hydroxylation sites is 1. The second kappa shape index (κ2) is 9.37. The molecule has 164 valence electrons. The number of thioether (sulfide) groups is 1. The minimum absolute atomic E-state index is 0.0288. The third-order valence-electron chi connectivity index (χ3n) is 4.94.